The maximum absolute atomic E-state index is 12.4. The van der Waals surface area contributed by atoms with Gasteiger partial charge in [-0.05, 0) is 73.9 Å². The number of urea groups is 1. The number of anilines is 2. The molecule has 1 aliphatic carbocycles. The van der Waals surface area contributed by atoms with Gasteiger partial charge in [-0.15, -0.1) is 0 Å². The van der Waals surface area contributed by atoms with Gasteiger partial charge in [0, 0.05) is 11.6 Å². The number of rotatable bonds is 7. The number of amides is 3. The molecule has 1 fully saturated rings. The van der Waals surface area contributed by atoms with Gasteiger partial charge in [0.25, 0.3) is 0 Å². The normalized spacial score (nSPS) is 17.5. The fourth-order valence-electron chi connectivity index (χ4n) is 4.11. The molecule has 8 heteroatoms. The maximum atomic E-state index is 12.4. The van der Waals surface area contributed by atoms with Crippen LogP contribution in [-0.4, -0.2) is 38.7 Å². The second-order valence-electron chi connectivity index (χ2n) is 8.25. The number of hydrogen-bond acceptors (Lipinski definition) is 5. The van der Waals surface area contributed by atoms with Crippen molar-refractivity contribution in [1.82, 2.24) is 5.32 Å². The van der Waals surface area contributed by atoms with Crippen LogP contribution in [0.25, 0.3) is 0 Å². The molecule has 3 rings (SSSR count). The molecular weight excluding hydrogens is 422 g/mol. The van der Waals surface area contributed by atoms with E-state index < -0.39 is 5.97 Å². The van der Waals surface area contributed by atoms with Crippen molar-refractivity contribution in [1.29, 1.82) is 0 Å². The van der Waals surface area contributed by atoms with Crippen LogP contribution in [0.5, 0.6) is 5.75 Å². The molecule has 3 N–H and O–H groups in total. The van der Waals surface area contributed by atoms with E-state index in [2.05, 4.69) is 20.7 Å². The minimum atomic E-state index is -0.447. The first kappa shape index (κ1) is 24.1. The van der Waals surface area contributed by atoms with Crippen LogP contribution in [0, 0.1) is 12.8 Å². The van der Waals surface area contributed by atoms with Gasteiger partial charge in [0.15, 0.2) is 0 Å². The van der Waals surface area contributed by atoms with E-state index in [0.717, 1.165) is 31.2 Å². The number of methoxy groups -OCH3 is 2. The third-order valence-electron chi connectivity index (χ3n) is 5.98. The van der Waals surface area contributed by atoms with Crippen molar-refractivity contribution in [2.75, 3.05) is 31.4 Å². The van der Waals surface area contributed by atoms with Gasteiger partial charge in [-0.3, -0.25) is 9.59 Å². The predicted molar refractivity (Wildman–Crippen MR) is 127 cm³/mol. The summed E-state index contributed by atoms with van der Waals surface area (Å²) in [6.07, 6.45) is 3.35. The zero-order chi connectivity index (χ0) is 23.8. The van der Waals surface area contributed by atoms with Crippen LogP contribution < -0.4 is 20.7 Å². The van der Waals surface area contributed by atoms with Gasteiger partial charge in [0.05, 0.1) is 19.9 Å². The number of carbonyl (C=O) groups is 3. The maximum Gasteiger partial charge on any atom is 0.325 e. The Morgan fingerprint density at radius 1 is 0.939 bits per heavy atom. The van der Waals surface area contributed by atoms with Crippen LogP contribution in [0.3, 0.4) is 0 Å². The summed E-state index contributed by atoms with van der Waals surface area (Å²) in [6.45, 7) is 1.86. The van der Waals surface area contributed by atoms with E-state index in [1.807, 2.05) is 49.4 Å². The lowest BCUT2D eigenvalue weighted by Gasteiger charge is -2.28. The molecule has 2 aromatic rings. The summed E-state index contributed by atoms with van der Waals surface area (Å²) in [4.78, 5) is 35.8. The van der Waals surface area contributed by atoms with Crippen LogP contribution >= 0.6 is 0 Å². The molecule has 3 amide bonds. The van der Waals surface area contributed by atoms with Crippen molar-refractivity contribution >= 4 is 29.3 Å². The number of carbonyl (C=O) groups excluding carboxylic acids is 3. The van der Waals surface area contributed by atoms with Gasteiger partial charge in [-0.2, -0.15) is 0 Å². The molecule has 2 aromatic carbocycles. The SMILES string of the molecule is COC(=O)CNC(=O)C1CCC(c2ccc(NC(=O)Nc3cc(C)ccc3OC)cc2)CC1. The van der Waals surface area contributed by atoms with Gasteiger partial charge in [0.2, 0.25) is 5.91 Å². The second kappa shape index (κ2) is 11.4. The molecular formula is C25H31N3O5. The fourth-order valence-corrected chi connectivity index (χ4v) is 4.11. The zero-order valence-electron chi connectivity index (χ0n) is 19.3. The topological polar surface area (TPSA) is 106 Å². The zero-order valence-corrected chi connectivity index (χ0v) is 19.3. The number of aryl methyl sites for hydroxylation is 1. The Balaban J connectivity index is 1.50. The van der Waals surface area contributed by atoms with E-state index in [0.29, 0.717) is 23.0 Å². The molecule has 0 radical (unpaired) electrons. The molecule has 0 unspecified atom stereocenters. The molecule has 0 aromatic heterocycles. The largest absolute Gasteiger partial charge is 0.495 e. The minimum absolute atomic E-state index is 0.0749. The molecule has 0 aliphatic heterocycles. The highest BCUT2D eigenvalue weighted by Crippen LogP contribution is 2.36. The molecule has 0 saturated heterocycles. The summed E-state index contributed by atoms with van der Waals surface area (Å²) in [7, 11) is 2.86. The highest BCUT2D eigenvalue weighted by atomic mass is 16.5. The third-order valence-corrected chi connectivity index (χ3v) is 5.98. The van der Waals surface area contributed by atoms with Gasteiger partial charge in [0.1, 0.15) is 12.3 Å². The lowest BCUT2D eigenvalue weighted by Crippen LogP contribution is -2.36. The molecule has 1 aliphatic rings. The average Bonchev–Trinajstić information content (AvgIpc) is 2.83. The van der Waals surface area contributed by atoms with Crippen molar-refractivity contribution in [3.05, 3.63) is 53.6 Å². The van der Waals surface area contributed by atoms with Gasteiger partial charge >= 0.3 is 12.0 Å². The Labute approximate surface area is 194 Å². The highest BCUT2D eigenvalue weighted by Gasteiger charge is 2.27. The van der Waals surface area contributed by atoms with Crippen LogP contribution in [0.15, 0.2) is 42.5 Å². The summed E-state index contributed by atoms with van der Waals surface area (Å²) < 4.78 is 9.85. The first-order chi connectivity index (χ1) is 15.9. The predicted octanol–water partition coefficient (Wildman–Crippen LogP) is 4.21. The minimum Gasteiger partial charge on any atom is -0.495 e. The van der Waals surface area contributed by atoms with Crippen LogP contribution in [-0.2, 0) is 14.3 Å². The number of ether oxygens (including phenoxy) is 2. The molecule has 0 spiro atoms. The second-order valence-corrected chi connectivity index (χ2v) is 8.25. The molecule has 0 bridgehead atoms. The Bertz CT molecular complexity index is 982. The third kappa shape index (κ3) is 6.71. The van der Waals surface area contributed by atoms with Crippen LogP contribution in [0.1, 0.15) is 42.7 Å². The number of nitrogens with one attached hydrogen (secondary N) is 3. The number of benzene rings is 2. The monoisotopic (exact) mass is 453 g/mol. The van der Waals surface area contributed by atoms with Gasteiger partial charge in [-0.25, -0.2) is 4.79 Å². The van der Waals surface area contributed by atoms with E-state index >= 15 is 0 Å². The summed E-state index contributed by atoms with van der Waals surface area (Å²) in [5.41, 5.74) is 3.51. The van der Waals surface area contributed by atoms with Crippen molar-refractivity contribution in [2.24, 2.45) is 5.92 Å². The quantitative estimate of drug-likeness (QED) is 0.545. The lowest BCUT2D eigenvalue weighted by atomic mass is 9.78. The summed E-state index contributed by atoms with van der Waals surface area (Å²) in [6, 6.07) is 13.1. The standard InChI is InChI=1S/C25H31N3O5/c1-16-4-13-22(32-2)21(14-16)28-25(31)27-20-11-9-18(10-12-20)17-5-7-19(8-6-17)24(30)26-15-23(29)33-3/h4,9-14,17,19H,5-8,15H2,1-3H3,(H,26,30)(H2,27,28,31). The number of hydrogen-bond donors (Lipinski definition) is 3. The summed E-state index contributed by atoms with van der Waals surface area (Å²) in [5, 5.41) is 8.31. The van der Waals surface area contributed by atoms with Crippen LogP contribution in [0.4, 0.5) is 16.2 Å². The Morgan fingerprint density at radius 2 is 1.64 bits per heavy atom. The molecule has 0 heterocycles. The summed E-state index contributed by atoms with van der Waals surface area (Å²) in [5.74, 6) is 0.357. The van der Waals surface area contributed by atoms with E-state index in [1.54, 1.807) is 7.11 Å². The van der Waals surface area contributed by atoms with Crippen molar-refractivity contribution < 1.29 is 23.9 Å². The van der Waals surface area contributed by atoms with Crippen molar-refractivity contribution in [3.8, 4) is 5.75 Å². The van der Waals surface area contributed by atoms with E-state index in [4.69, 9.17) is 4.74 Å². The molecule has 0 atom stereocenters. The number of esters is 1. The van der Waals surface area contributed by atoms with Gasteiger partial charge in [-0.1, -0.05) is 18.2 Å². The first-order valence-corrected chi connectivity index (χ1v) is 11.1. The highest BCUT2D eigenvalue weighted by molar-refractivity contribution is 6.00. The summed E-state index contributed by atoms with van der Waals surface area (Å²) >= 11 is 0. The average molecular weight is 454 g/mol. The molecule has 176 valence electrons. The lowest BCUT2D eigenvalue weighted by molar-refractivity contribution is -0.141. The van der Waals surface area contributed by atoms with E-state index in [1.165, 1.54) is 12.7 Å². The first-order valence-electron chi connectivity index (χ1n) is 11.1. The Kier molecular flexibility index (Phi) is 8.29. The van der Waals surface area contributed by atoms with Crippen LogP contribution in [0.2, 0.25) is 0 Å². The molecule has 33 heavy (non-hydrogen) atoms. The van der Waals surface area contributed by atoms with Gasteiger partial charge < -0.3 is 25.4 Å². The Morgan fingerprint density at radius 3 is 2.27 bits per heavy atom. The molecule has 8 nitrogen and oxygen atoms in total. The Hall–Kier alpha value is -3.55. The fraction of sp³-hybridized carbons (Fsp3) is 0.400. The van der Waals surface area contributed by atoms with Crippen molar-refractivity contribution in [2.45, 2.75) is 38.5 Å². The smallest absolute Gasteiger partial charge is 0.325 e. The van der Waals surface area contributed by atoms with E-state index in [9.17, 15) is 14.4 Å². The molecule has 1 saturated carbocycles. The van der Waals surface area contributed by atoms with Crippen molar-refractivity contribution in [3.63, 3.8) is 0 Å². The van der Waals surface area contributed by atoms with E-state index in [-0.39, 0.29) is 24.4 Å².